The lowest BCUT2D eigenvalue weighted by atomic mass is 10.0. The first-order valence-corrected chi connectivity index (χ1v) is 8.46. The highest BCUT2D eigenvalue weighted by atomic mass is 16.5. The largest absolute Gasteiger partial charge is 0.438 e. The Labute approximate surface area is 147 Å². The Kier molecular flexibility index (Phi) is 4.57. The average Bonchev–Trinajstić information content (AvgIpc) is 2.68. The van der Waals surface area contributed by atoms with Crippen LogP contribution in [0.5, 0.6) is 11.6 Å². The van der Waals surface area contributed by atoms with Crippen molar-refractivity contribution in [2.24, 2.45) is 0 Å². The van der Waals surface area contributed by atoms with Crippen molar-refractivity contribution in [1.29, 1.82) is 0 Å². The van der Waals surface area contributed by atoms with Crippen molar-refractivity contribution in [3.63, 3.8) is 0 Å². The Morgan fingerprint density at radius 1 is 1.04 bits per heavy atom. The number of hydrogen-bond acceptors (Lipinski definition) is 5. The van der Waals surface area contributed by atoms with Gasteiger partial charge in [-0.1, -0.05) is 18.2 Å². The molecule has 126 valence electrons. The molecule has 0 spiro atoms. The Morgan fingerprint density at radius 3 is 2.80 bits per heavy atom. The maximum Gasteiger partial charge on any atom is 0.237 e. The van der Waals surface area contributed by atoms with Gasteiger partial charge in [0, 0.05) is 31.2 Å². The fraction of sp³-hybridized carbons (Fsp3) is 0.200. The molecule has 0 aliphatic carbocycles. The molecule has 1 aliphatic rings. The number of benzene rings is 2. The van der Waals surface area contributed by atoms with Gasteiger partial charge in [0.2, 0.25) is 5.88 Å². The van der Waals surface area contributed by atoms with E-state index in [-0.39, 0.29) is 0 Å². The topological polar surface area (TPSA) is 59.1 Å². The van der Waals surface area contributed by atoms with Crippen LogP contribution in [0, 0.1) is 0 Å². The molecule has 1 aromatic heterocycles. The van der Waals surface area contributed by atoms with Gasteiger partial charge in [-0.3, -0.25) is 4.98 Å². The molecule has 0 fully saturated rings. The predicted molar refractivity (Wildman–Crippen MR) is 97.7 cm³/mol. The summed E-state index contributed by atoms with van der Waals surface area (Å²) in [6.45, 7) is 2.81. The summed E-state index contributed by atoms with van der Waals surface area (Å²) in [7, 11) is 0. The molecular weight excluding hydrogens is 312 g/mol. The van der Waals surface area contributed by atoms with Gasteiger partial charge < -0.3 is 15.4 Å². The van der Waals surface area contributed by atoms with E-state index in [1.165, 1.54) is 16.7 Å². The van der Waals surface area contributed by atoms with Gasteiger partial charge in [0.05, 0.1) is 6.20 Å². The van der Waals surface area contributed by atoms with Crippen molar-refractivity contribution in [2.45, 2.75) is 19.5 Å². The minimum Gasteiger partial charge on any atom is -0.438 e. The molecule has 3 aromatic rings. The first kappa shape index (κ1) is 15.6. The van der Waals surface area contributed by atoms with Gasteiger partial charge in [0.1, 0.15) is 5.75 Å². The fourth-order valence-corrected chi connectivity index (χ4v) is 2.93. The van der Waals surface area contributed by atoms with Crippen molar-refractivity contribution in [1.82, 2.24) is 15.3 Å². The van der Waals surface area contributed by atoms with E-state index >= 15 is 0 Å². The molecule has 0 bridgehead atoms. The first-order valence-electron chi connectivity index (χ1n) is 8.46. The summed E-state index contributed by atoms with van der Waals surface area (Å²) in [5.74, 6) is 1.25. The van der Waals surface area contributed by atoms with Gasteiger partial charge in [-0.25, -0.2) is 4.98 Å². The van der Waals surface area contributed by atoms with Gasteiger partial charge in [0.15, 0.2) is 0 Å². The van der Waals surface area contributed by atoms with Crippen molar-refractivity contribution >= 4 is 5.69 Å². The van der Waals surface area contributed by atoms with Crippen molar-refractivity contribution in [3.05, 3.63) is 77.7 Å². The van der Waals surface area contributed by atoms with Crippen LogP contribution in [0.1, 0.15) is 16.7 Å². The summed E-state index contributed by atoms with van der Waals surface area (Å²) in [5, 5.41) is 6.91. The zero-order valence-corrected chi connectivity index (χ0v) is 13.9. The van der Waals surface area contributed by atoms with Crippen LogP contribution in [-0.4, -0.2) is 16.5 Å². The van der Waals surface area contributed by atoms with E-state index in [2.05, 4.69) is 50.9 Å². The minimum atomic E-state index is 0.496. The third-order valence-corrected chi connectivity index (χ3v) is 4.27. The van der Waals surface area contributed by atoms with Crippen LogP contribution in [0.15, 0.2) is 61.1 Å². The summed E-state index contributed by atoms with van der Waals surface area (Å²) < 4.78 is 5.66. The quantitative estimate of drug-likeness (QED) is 0.748. The lowest BCUT2D eigenvalue weighted by molar-refractivity contribution is 0.460. The molecule has 0 amide bonds. The summed E-state index contributed by atoms with van der Waals surface area (Å²) >= 11 is 0. The van der Waals surface area contributed by atoms with Crippen molar-refractivity contribution in [3.8, 4) is 11.6 Å². The molecule has 2 aromatic carbocycles. The zero-order valence-electron chi connectivity index (χ0n) is 13.9. The third-order valence-electron chi connectivity index (χ3n) is 4.27. The van der Waals surface area contributed by atoms with Crippen molar-refractivity contribution in [2.75, 3.05) is 11.9 Å². The fourth-order valence-electron chi connectivity index (χ4n) is 2.93. The number of ether oxygens (including phenoxy) is 1. The van der Waals surface area contributed by atoms with E-state index in [0.717, 1.165) is 37.5 Å². The molecule has 0 saturated carbocycles. The Balaban J connectivity index is 1.37. The number of hydrogen-bond donors (Lipinski definition) is 2. The molecule has 1 aliphatic heterocycles. The number of nitrogens with one attached hydrogen (secondary N) is 2. The first-order chi connectivity index (χ1) is 12.4. The van der Waals surface area contributed by atoms with E-state index < -0.39 is 0 Å². The van der Waals surface area contributed by atoms with Gasteiger partial charge in [-0.2, -0.15) is 0 Å². The molecule has 0 saturated heterocycles. The maximum absolute atomic E-state index is 5.66. The van der Waals surface area contributed by atoms with Crippen LogP contribution in [0.2, 0.25) is 0 Å². The van der Waals surface area contributed by atoms with Crippen LogP contribution in [0.4, 0.5) is 5.69 Å². The Hall–Kier alpha value is -2.92. The molecule has 4 rings (SSSR count). The standard InChI is InChI=1S/C20H20N4O/c1-5-19(25-20-14-22-9-10-23-20)6-2-15(1)12-24-18-4-3-16-7-8-21-13-17(16)11-18/h1-6,9-11,14,21,24H,7-8,12-13H2. The van der Waals surface area contributed by atoms with E-state index in [1.54, 1.807) is 18.6 Å². The van der Waals surface area contributed by atoms with E-state index in [4.69, 9.17) is 4.74 Å². The maximum atomic E-state index is 5.66. The second-order valence-electron chi connectivity index (χ2n) is 6.05. The van der Waals surface area contributed by atoms with E-state index in [9.17, 15) is 0 Å². The molecular formula is C20H20N4O. The summed E-state index contributed by atoms with van der Waals surface area (Å²) in [4.78, 5) is 8.10. The Bertz CT molecular complexity index is 834. The van der Waals surface area contributed by atoms with Crippen LogP contribution in [0.25, 0.3) is 0 Å². The monoisotopic (exact) mass is 332 g/mol. The SMILES string of the molecule is c1cnc(Oc2ccc(CNc3ccc4c(c3)CNCC4)cc2)cn1. The van der Waals surface area contributed by atoms with Gasteiger partial charge in [-0.15, -0.1) is 0 Å². The third kappa shape index (κ3) is 3.95. The number of anilines is 1. The highest BCUT2D eigenvalue weighted by molar-refractivity contribution is 5.50. The van der Waals surface area contributed by atoms with Crippen LogP contribution in [0.3, 0.4) is 0 Å². The molecule has 5 nitrogen and oxygen atoms in total. The molecule has 0 atom stereocenters. The molecule has 2 heterocycles. The second-order valence-corrected chi connectivity index (χ2v) is 6.05. The van der Waals surface area contributed by atoms with E-state index in [1.807, 2.05) is 12.1 Å². The van der Waals surface area contributed by atoms with E-state index in [0.29, 0.717) is 5.88 Å². The molecule has 5 heteroatoms. The van der Waals surface area contributed by atoms with Gasteiger partial charge in [0.25, 0.3) is 0 Å². The zero-order chi connectivity index (χ0) is 16.9. The smallest absolute Gasteiger partial charge is 0.237 e. The highest BCUT2D eigenvalue weighted by Gasteiger charge is 2.08. The molecule has 0 radical (unpaired) electrons. The van der Waals surface area contributed by atoms with Crippen LogP contribution < -0.4 is 15.4 Å². The van der Waals surface area contributed by atoms with Crippen LogP contribution >= 0.6 is 0 Å². The summed E-state index contributed by atoms with van der Waals surface area (Å²) in [5.41, 5.74) is 5.20. The Morgan fingerprint density at radius 2 is 1.96 bits per heavy atom. The number of fused-ring (bicyclic) bond motifs is 1. The predicted octanol–water partition coefficient (Wildman–Crippen LogP) is 3.53. The number of aromatic nitrogens is 2. The highest BCUT2D eigenvalue weighted by Crippen LogP contribution is 2.21. The second kappa shape index (κ2) is 7.32. The van der Waals surface area contributed by atoms with Gasteiger partial charge in [-0.05, 0) is 53.9 Å². The lowest BCUT2D eigenvalue weighted by Crippen LogP contribution is -2.23. The number of rotatable bonds is 5. The lowest BCUT2D eigenvalue weighted by Gasteiger charge is -2.18. The van der Waals surface area contributed by atoms with Gasteiger partial charge >= 0.3 is 0 Å². The molecule has 25 heavy (non-hydrogen) atoms. The molecule has 0 unspecified atom stereocenters. The van der Waals surface area contributed by atoms with Crippen molar-refractivity contribution < 1.29 is 4.74 Å². The number of nitrogens with zero attached hydrogens (tertiary/aromatic N) is 2. The normalized spacial score (nSPS) is 13.1. The minimum absolute atomic E-state index is 0.496. The summed E-state index contributed by atoms with van der Waals surface area (Å²) in [6.07, 6.45) is 5.95. The summed E-state index contributed by atoms with van der Waals surface area (Å²) in [6, 6.07) is 14.6. The average molecular weight is 332 g/mol. The van der Waals surface area contributed by atoms with Crippen LogP contribution in [-0.2, 0) is 19.5 Å². The molecule has 2 N–H and O–H groups in total.